The number of benzene rings is 1. The van der Waals surface area contributed by atoms with Gasteiger partial charge in [0.25, 0.3) is 5.11 Å². The maximum Gasteiger partial charge on any atom is 0.281 e. The summed E-state index contributed by atoms with van der Waals surface area (Å²) in [6.45, 7) is 0.0486. The molecule has 0 saturated heterocycles. The van der Waals surface area contributed by atoms with E-state index >= 15 is 0 Å². The highest BCUT2D eigenvalue weighted by Gasteiger charge is 2.55. The minimum atomic E-state index is -2.02. The van der Waals surface area contributed by atoms with Gasteiger partial charge in [0.1, 0.15) is 30.1 Å². The second-order valence-electron chi connectivity index (χ2n) is 6.14. The number of aliphatic hydroxyl groups excluding tert-OH is 1. The Hall–Kier alpha value is -2.14. The minimum absolute atomic E-state index is 0.0269. The van der Waals surface area contributed by atoms with Crippen molar-refractivity contribution in [3.8, 4) is 5.75 Å². The molecule has 0 aromatic heterocycles. The summed E-state index contributed by atoms with van der Waals surface area (Å²) in [5.41, 5.74) is 6.26. The zero-order chi connectivity index (χ0) is 19.1. The van der Waals surface area contributed by atoms with E-state index in [1.807, 2.05) is 0 Å². The van der Waals surface area contributed by atoms with Crippen LogP contribution in [0.15, 0.2) is 24.0 Å². The smallest absolute Gasteiger partial charge is 0.281 e. The molecule has 2 unspecified atom stereocenters. The van der Waals surface area contributed by atoms with E-state index in [4.69, 9.17) is 22.7 Å². The molecule has 0 spiro atoms. The first-order chi connectivity index (χ1) is 12.3. The molecule has 10 heteroatoms. The van der Waals surface area contributed by atoms with E-state index in [1.165, 1.54) is 6.20 Å². The molecule has 1 aromatic carbocycles. The zero-order valence-corrected chi connectivity index (χ0v) is 14.4. The van der Waals surface area contributed by atoms with Crippen LogP contribution in [0.3, 0.4) is 0 Å². The number of hydrogen-bond donors (Lipinski definition) is 3. The van der Waals surface area contributed by atoms with Crippen molar-refractivity contribution in [3.05, 3.63) is 41.2 Å². The Labute approximate surface area is 153 Å². The molecule has 0 saturated carbocycles. The number of carboxylic acid groups (broad SMARTS) is 1. The van der Waals surface area contributed by atoms with Crippen LogP contribution in [0.1, 0.15) is 12.0 Å². The Morgan fingerprint density at radius 3 is 2.92 bits per heavy atom. The standard InChI is InChI=1S/C16H17F2N3O4S/c17-9-3-8-4-11(7-25-13(8)12(18)5-9)21(14(22)15(23)24)10(1-2-19)6-20-16(21)26/h3,5-6,11,14,22H,1-2,4,7,19H2,(H-,20,23,24,26)/t11?,14?,21-/m0/s1. The molecule has 0 amide bonds. The fraction of sp³-hybridized carbons (Fsp3) is 0.375. The molecule has 3 atom stereocenters. The molecule has 140 valence electrons. The summed E-state index contributed by atoms with van der Waals surface area (Å²) in [5, 5.41) is 24.7. The van der Waals surface area contributed by atoms with Gasteiger partial charge in [-0.2, -0.15) is 0 Å². The van der Waals surface area contributed by atoms with E-state index in [1.54, 1.807) is 0 Å². The third-order valence-corrected chi connectivity index (χ3v) is 5.13. The molecule has 1 aromatic rings. The highest BCUT2D eigenvalue weighted by atomic mass is 32.1. The minimum Gasteiger partial charge on any atom is -0.542 e. The molecule has 4 N–H and O–H groups in total. The second-order valence-corrected chi connectivity index (χ2v) is 6.53. The number of aliphatic hydroxyl groups is 1. The number of halogens is 2. The van der Waals surface area contributed by atoms with Crippen LogP contribution in [0, 0.1) is 11.6 Å². The third kappa shape index (κ3) is 2.75. The quantitative estimate of drug-likeness (QED) is 0.451. The van der Waals surface area contributed by atoms with Gasteiger partial charge >= 0.3 is 0 Å². The largest absolute Gasteiger partial charge is 0.542 e. The number of aliphatic carboxylic acids is 1. The van der Waals surface area contributed by atoms with Gasteiger partial charge in [0, 0.05) is 43.2 Å². The molecule has 2 aliphatic rings. The van der Waals surface area contributed by atoms with E-state index in [-0.39, 0.29) is 42.4 Å². The van der Waals surface area contributed by atoms with E-state index in [0.717, 1.165) is 6.07 Å². The first kappa shape index (κ1) is 18.6. The molecule has 2 aliphatic heterocycles. The normalized spacial score (nSPS) is 25.8. The van der Waals surface area contributed by atoms with Crippen molar-refractivity contribution < 1.29 is 33.0 Å². The molecule has 3 rings (SSSR count). The Morgan fingerprint density at radius 2 is 2.27 bits per heavy atom. The number of fused-ring (bicyclic) bond motifs is 1. The monoisotopic (exact) mass is 385 g/mol. The van der Waals surface area contributed by atoms with Crippen LogP contribution in [0.5, 0.6) is 5.75 Å². The lowest BCUT2D eigenvalue weighted by atomic mass is 9.97. The van der Waals surface area contributed by atoms with E-state index in [2.05, 4.69) is 5.32 Å². The fourth-order valence-electron chi connectivity index (χ4n) is 3.61. The summed E-state index contributed by atoms with van der Waals surface area (Å²) >= 11 is 5.28. The molecule has 7 nitrogen and oxygen atoms in total. The average molecular weight is 385 g/mol. The van der Waals surface area contributed by atoms with Gasteiger partial charge in [0.2, 0.25) is 6.23 Å². The number of hydrogen-bond acceptors (Lipinski definition) is 6. The van der Waals surface area contributed by atoms with Crippen LogP contribution < -0.4 is 20.9 Å². The summed E-state index contributed by atoms with van der Waals surface area (Å²) in [5.74, 6) is -3.44. The van der Waals surface area contributed by atoms with Gasteiger partial charge in [-0.05, 0) is 6.07 Å². The van der Waals surface area contributed by atoms with Crippen molar-refractivity contribution >= 4 is 23.3 Å². The van der Waals surface area contributed by atoms with E-state index in [0.29, 0.717) is 11.8 Å². The first-order valence-corrected chi connectivity index (χ1v) is 8.32. The number of carbonyl (C=O) groups is 1. The van der Waals surface area contributed by atoms with Gasteiger partial charge in [0.05, 0.1) is 6.20 Å². The maximum absolute atomic E-state index is 13.9. The fourth-order valence-corrected chi connectivity index (χ4v) is 4.03. The second kappa shape index (κ2) is 6.88. The van der Waals surface area contributed by atoms with Crippen molar-refractivity contribution in [2.24, 2.45) is 5.73 Å². The predicted octanol–water partition coefficient (Wildman–Crippen LogP) is -0.768. The van der Waals surface area contributed by atoms with Crippen molar-refractivity contribution in [2.75, 3.05) is 13.2 Å². The average Bonchev–Trinajstić information content (AvgIpc) is 2.91. The molecule has 26 heavy (non-hydrogen) atoms. The van der Waals surface area contributed by atoms with Crippen molar-refractivity contribution in [1.29, 1.82) is 0 Å². The number of nitrogens with zero attached hydrogens (tertiary/aromatic N) is 1. The van der Waals surface area contributed by atoms with Crippen molar-refractivity contribution in [2.45, 2.75) is 25.1 Å². The molecule has 2 heterocycles. The lowest BCUT2D eigenvalue weighted by molar-refractivity contribution is -0.870. The van der Waals surface area contributed by atoms with Crippen molar-refractivity contribution in [3.63, 3.8) is 0 Å². The van der Waals surface area contributed by atoms with Crippen LogP contribution in [-0.2, 0) is 11.2 Å². The van der Waals surface area contributed by atoms with E-state index in [9.17, 15) is 23.8 Å². The van der Waals surface area contributed by atoms with Crippen molar-refractivity contribution in [1.82, 2.24) is 5.32 Å². The molecular weight excluding hydrogens is 368 g/mol. The number of rotatable bonds is 5. The van der Waals surface area contributed by atoms with Gasteiger partial charge in [-0.3, -0.25) is 0 Å². The number of carbonyl (C=O) groups excluding carboxylic acids is 1. The van der Waals surface area contributed by atoms with Crippen LogP contribution >= 0.6 is 12.2 Å². The van der Waals surface area contributed by atoms with Crippen LogP contribution in [0.25, 0.3) is 0 Å². The zero-order valence-electron chi connectivity index (χ0n) is 13.6. The Kier molecular flexibility index (Phi) is 4.93. The molecular formula is C16H17F2N3O4S. The third-order valence-electron chi connectivity index (χ3n) is 4.71. The highest BCUT2D eigenvalue weighted by Crippen LogP contribution is 2.39. The Bertz CT molecular complexity index is 804. The molecule has 0 radical (unpaired) electrons. The Morgan fingerprint density at radius 1 is 1.54 bits per heavy atom. The summed E-state index contributed by atoms with van der Waals surface area (Å²) in [4.78, 5) is 11.5. The first-order valence-electron chi connectivity index (χ1n) is 7.91. The Balaban J connectivity index is 2.08. The topological polar surface area (TPSA) is 108 Å². The molecule has 0 bridgehead atoms. The van der Waals surface area contributed by atoms with Crippen LogP contribution in [0.4, 0.5) is 8.78 Å². The van der Waals surface area contributed by atoms with E-state index < -0.39 is 34.4 Å². The number of carboxylic acids is 1. The summed E-state index contributed by atoms with van der Waals surface area (Å²) < 4.78 is 32.3. The van der Waals surface area contributed by atoms with Gasteiger partial charge in [0.15, 0.2) is 11.6 Å². The van der Waals surface area contributed by atoms with Gasteiger partial charge in [-0.25, -0.2) is 13.3 Å². The van der Waals surface area contributed by atoms with Crippen LogP contribution in [0.2, 0.25) is 0 Å². The van der Waals surface area contributed by atoms with Gasteiger partial charge < -0.3 is 30.8 Å². The van der Waals surface area contributed by atoms with Gasteiger partial charge in [-0.15, -0.1) is 0 Å². The maximum atomic E-state index is 13.9. The lowest BCUT2D eigenvalue weighted by Gasteiger charge is -2.45. The summed E-state index contributed by atoms with van der Waals surface area (Å²) in [7, 11) is 0. The molecule has 0 aliphatic carbocycles. The lowest BCUT2D eigenvalue weighted by Crippen LogP contribution is -2.70. The number of thiocarbonyl (C=S) groups is 1. The highest BCUT2D eigenvalue weighted by molar-refractivity contribution is 7.80. The summed E-state index contributed by atoms with van der Waals surface area (Å²) in [6.07, 6.45) is -0.247. The summed E-state index contributed by atoms with van der Waals surface area (Å²) in [6, 6.07) is 1.09. The number of nitrogens with two attached hydrogens (primary N) is 1. The number of quaternary nitrogens is 1. The SMILES string of the molecule is NCCC1=CNC(=S)[N@@+]1(C1COc2c(F)cc(F)cc2C1)C(O)C(=O)[O-]. The molecule has 0 fully saturated rings. The number of ether oxygens (including phenoxy) is 1. The predicted molar refractivity (Wildman–Crippen MR) is 88.1 cm³/mol. The van der Waals surface area contributed by atoms with Crippen LogP contribution in [-0.4, -0.2) is 46.1 Å². The van der Waals surface area contributed by atoms with Gasteiger partial charge in [-0.1, -0.05) is 0 Å². The number of nitrogens with one attached hydrogen (secondary N) is 1.